The zero-order valence-electron chi connectivity index (χ0n) is 17.9. The summed E-state index contributed by atoms with van der Waals surface area (Å²) >= 11 is 3.38. The smallest absolute Gasteiger partial charge is 0.312 e. The summed E-state index contributed by atoms with van der Waals surface area (Å²) in [7, 11) is 0. The predicted molar refractivity (Wildman–Crippen MR) is 113 cm³/mol. The highest BCUT2D eigenvalue weighted by Crippen LogP contribution is 2.74. The fraction of sp³-hybridized carbons (Fsp3) is 0.696. The summed E-state index contributed by atoms with van der Waals surface area (Å²) in [5.74, 6) is -2.35. The first-order valence-corrected chi connectivity index (χ1v) is 11.6. The van der Waals surface area contributed by atoms with Crippen molar-refractivity contribution in [2.45, 2.75) is 75.8 Å². The van der Waals surface area contributed by atoms with Crippen molar-refractivity contribution in [3.63, 3.8) is 0 Å². The van der Waals surface area contributed by atoms with Crippen LogP contribution in [0.25, 0.3) is 0 Å². The maximum atomic E-state index is 13.0. The number of aliphatic hydroxyl groups is 3. The van der Waals surface area contributed by atoms with Gasteiger partial charge in [-0.1, -0.05) is 41.9 Å². The minimum atomic E-state index is -1.74. The number of aliphatic hydroxyl groups excluding tert-OH is 1. The van der Waals surface area contributed by atoms with Crippen LogP contribution in [0.1, 0.15) is 45.6 Å². The summed E-state index contributed by atoms with van der Waals surface area (Å²) in [6, 6.07) is 7.33. The molecule has 8 atom stereocenters. The molecule has 1 aromatic rings. The Kier molecular flexibility index (Phi) is 4.58. The van der Waals surface area contributed by atoms with E-state index in [0.717, 1.165) is 10.0 Å². The SMILES string of the molecule is C[C@@H]1CC[C@@]2(O)[C@]13C[C@@]1(OC(=O)Cc4ccc(Br)cc4)OC(OC[C@@]2(C)[C@@]1(C)O)[C@@H]3O. The van der Waals surface area contributed by atoms with Gasteiger partial charge in [0, 0.05) is 16.3 Å². The van der Waals surface area contributed by atoms with Crippen molar-refractivity contribution in [3.8, 4) is 0 Å². The molecule has 0 aromatic heterocycles. The van der Waals surface area contributed by atoms with Gasteiger partial charge >= 0.3 is 5.97 Å². The van der Waals surface area contributed by atoms with Crippen molar-refractivity contribution < 1.29 is 34.3 Å². The molecule has 2 saturated carbocycles. The Morgan fingerprint density at radius 2 is 1.94 bits per heavy atom. The van der Waals surface area contributed by atoms with Crippen LogP contribution < -0.4 is 0 Å². The number of hydrogen-bond donors (Lipinski definition) is 3. The summed E-state index contributed by atoms with van der Waals surface area (Å²) in [5.41, 5.74) is -4.59. The summed E-state index contributed by atoms with van der Waals surface area (Å²) in [4.78, 5) is 13.0. The Hall–Kier alpha value is -1.03. The minimum Gasteiger partial charge on any atom is -0.429 e. The van der Waals surface area contributed by atoms with Crippen LogP contribution in [0, 0.1) is 16.7 Å². The lowest BCUT2D eigenvalue weighted by Gasteiger charge is -2.69. The van der Waals surface area contributed by atoms with Crippen molar-refractivity contribution in [2.75, 3.05) is 6.61 Å². The Morgan fingerprint density at radius 3 is 2.61 bits per heavy atom. The highest BCUT2D eigenvalue weighted by molar-refractivity contribution is 9.10. The van der Waals surface area contributed by atoms with E-state index in [-0.39, 0.29) is 25.4 Å². The van der Waals surface area contributed by atoms with Crippen molar-refractivity contribution in [1.82, 2.24) is 0 Å². The molecule has 3 heterocycles. The molecule has 5 aliphatic rings. The van der Waals surface area contributed by atoms with Crippen molar-refractivity contribution in [1.29, 1.82) is 0 Å². The largest absolute Gasteiger partial charge is 0.429 e. The van der Waals surface area contributed by atoms with Crippen molar-refractivity contribution in [2.24, 2.45) is 16.7 Å². The number of hydrogen-bond acceptors (Lipinski definition) is 7. The second-order valence-electron chi connectivity index (χ2n) is 10.2. The lowest BCUT2D eigenvalue weighted by molar-refractivity contribution is -0.447. The molecule has 3 saturated heterocycles. The minimum absolute atomic E-state index is 0.00603. The monoisotopic (exact) mass is 496 g/mol. The van der Waals surface area contributed by atoms with Gasteiger partial charge in [0.05, 0.1) is 24.0 Å². The number of benzene rings is 1. The summed E-state index contributed by atoms with van der Waals surface area (Å²) in [5, 5.41) is 35.2. The van der Waals surface area contributed by atoms with Crippen LogP contribution in [0.15, 0.2) is 28.7 Å². The van der Waals surface area contributed by atoms with E-state index in [2.05, 4.69) is 15.9 Å². The third-order valence-electron chi connectivity index (χ3n) is 9.01. The summed E-state index contributed by atoms with van der Waals surface area (Å²) in [6.45, 7) is 5.27. The highest BCUT2D eigenvalue weighted by Gasteiger charge is 2.86. The maximum Gasteiger partial charge on any atom is 0.312 e. The first kappa shape index (κ1) is 21.8. The van der Waals surface area contributed by atoms with Gasteiger partial charge in [-0.05, 0) is 43.4 Å². The molecule has 170 valence electrons. The van der Waals surface area contributed by atoms with Crippen LogP contribution >= 0.6 is 15.9 Å². The molecule has 7 nitrogen and oxygen atoms in total. The summed E-state index contributed by atoms with van der Waals surface area (Å²) in [6.07, 6.45) is -1.06. The predicted octanol–water partition coefficient (Wildman–Crippen LogP) is 2.29. The molecular weight excluding hydrogens is 468 g/mol. The third-order valence-corrected chi connectivity index (χ3v) is 9.54. The van der Waals surface area contributed by atoms with Gasteiger partial charge in [-0.3, -0.25) is 4.79 Å². The fourth-order valence-corrected chi connectivity index (χ4v) is 7.15. The topological polar surface area (TPSA) is 105 Å². The van der Waals surface area contributed by atoms with Crippen LogP contribution in [-0.4, -0.2) is 57.3 Å². The Morgan fingerprint density at radius 1 is 1.26 bits per heavy atom. The van der Waals surface area contributed by atoms with E-state index in [1.54, 1.807) is 13.8 Å². The number of carbonyl (C=O) groups is 1. The normalized spacial score (nSPS) is 50.2. The molecule has 3 aliphatic heterocycles. The van der Waals surface area contributed by atoms with Gasteiger partial charge in [0.25, 0.3) is 0 Å². The van der Waals surface area contributed by atoms with Crippen molar-refractivity contribution >= 4 is 21.9 Å². The van der Waals surface area contributed by atoms with Crippen LogP contribution in [-0.2, 0) is 25.4 Å². The molecule has 8 heteroatoms. The zero-order chi connectivity index (χ0) is 22.4. The molecule has 1 unspecified atom stereocenters. The van der Waals surface area contributed by atoms with Crippen LogP contribution in [0.2, 0.25) is 0 Å². The van der Waals surface area contributed by atoms with E-state index in [0.29, 0.717) is 12.8 Å². The average Bonchev–Trinajstić information content (AvgIpc) is 2.91. The molecule has 4 bridgehead atoms. The molecule has 0 amide bonds. The molecule has 31 heavy (non-hydrogen) atoms. The van der Waals surface area contributed by atoms with E-state index in [1.807, 2.05) is 31.2 Å². The number of carbonyl (C=O) groups excluding carboxylic acids is 1. The summed E-state index contributed by atoms with van der Waals surface area (Å²) < 4.78 is 18.8. The average molecular weight is 497 g/mol. The Balaban J connectivity index is 1.57. The molecule has 1 spiro atoms. The van der Waals surface area contributed by atoms with Gasteiger partial charge < -0.3 is 29.5 Å². The fourth-order valence-electron chi connectivity index (χ4n) is 6.89. The van der Waals surface area contributed by atoms with Crippen molar-refractivity contribution in [3.05, 3.63) is 34.3 Å². The molecule has 1 aromatic carbocycles. The van der Waals surface area contributed by atoms with Gasteiger partial charge in [0.2, 0.25) is 5.79 Å². The van der Waals surface area contributed by atoms with E-state index < -0.39 is 46.2 Å². The zero-order valence-corrected chi connectivity index (χ0v) is 19.5. The highest BCUT2D eigenvalue weighted by atomic mass is 79.9. The van der Waals surface area contributed by atoms with Gasteiger partial charge in [0.1, 0.15) is 11.7 Å². The van der Waals surface area contributed by atoms with Crippen LogP contribution in [0.3, 0.4) is 0 Å². The first-order valence-electron chi connectivity index (χ1n) is 10.8. The van der Waals surface area contributed by atoms with E-state index >= 15 is 0 Å². The quantitative estimate of drug-likeness (QED) is 0.551. The number of halogens is 1. The second-order valence-corrected chi connectivity index (χ2v) is 11.1. The first-order chi connectivity index (χ1) is 14.4. The standard InChI is InChI=1S/C23H29BrO7/c1-13-8-9-22(28)19(2)12-29-18-17(26)21(13,22)11-23(31-18,20(19,3)27)30-16(25)10-14-4-6-15(24)7-5-14/h4-7,13,17-18,26-28H,8-12H2,1-3H3/t13-,17+,18?,19+,20-,21-,22+,23-/m1/s1. The molecule has 3 N–H and O–H groups in total. The van der Waals surface area contributed by atoms with Crippen LogP contribution in [0.4, 0.5) is 0 Å². The number of rotatable bonds is 3. The molecular formula is C23H29BrO7. The van der Waals surface area contributed by atoms with E-state index in [9.17, 15) is 20.1 Å². The van der Waals surface area contributed by atoms with Gasteiger partial charge in [-0.15, -0.1) is 0 Å². The van der Waals surface area contributed by atoms with Gasteiger partial charge in [-0.25, -0.2) is 0 Å². The molecule has 0 radical (unpaired) electrons. The van der Waals surface area contributed by atoms with Crippen LogP contribution in [0.5, 0.6) is 0 Å². The maximum absolute atomic E-state index is 13.0. The Labute approximate surface area is 189 Å². The lowest BCUT2D eigenvalue weighted by atomic mass is 9.43. The van der Waals surface area contributed by atoms with E-state index in [1.165, 1.54) is 0 Å². The molecule has 5 fully saturated rings. The van der Waals surface area contributed by atoms with Gasteiger partial charge in [0.15, 0.2) is 6.29 Å². The number of fused-ring (bicyclic) bond motifs is 1. The number of esters is 1. The van der Waals surface area contributed by atoms with Gasteiger partial charge in [-0.2, -0.15) is 0 Å². The Bertz CT molecular complexity index is 919. The molecule has 6 rings (SSSR count). The second kappa shape index (κ2) is 6.52. The van der Waals surface area contributed by atoms with E-state index in [4.69, 9.17) is 14.2 Å². The number of ether oxygens (including phenoxy) is 3. The lowest BCUT2D eigenvalue weighted by Crippen LogP contribution is -2.83. The third kappa shape index (κ3) is 2.44. The molecule has 2 aliphatic carbocycles.